The number of carbonyl (C=O) groups is 2. The average Bonchev–Trinajstić information content (AvgIpc) is 3.61. The van der Waals surface area contributed by atoms with E-state index in [9.17, 15) is 9.59 Å². The number of amides is 2. The van der Waals surface area contributed by atoms with Crippen LogP contribution in [0.2, 0.25) is 0 Å². The Labute approximate surface area is 208 Å². The zero-order chi connectivity index (χ0) is 24.4. The van der Waals surface area contributed by atoms with Crippen molar-refractivity contribution in [2.75, 3.05) is 52.5 Å². The van der Waals surface area contributed by atoms with Gasteiger partial charge < -0.3 is 19.0 Å². The quantitative estimate of drug-likeness (QED) is 0.609. The van der Waals surface area contributed by atoms with Crippen LogP contribution in [-0.4, -0.2) is 89.2 Å². The molecule has 9 nitrogen and oxygen atoms in total. The predicted molar refractivity (Wildman–Crippen MR) is 130 cm³/mol. The number of piperidine rings is 1. The third-order valence-corrected chi connectivity index (χ3v) is 8.66. The first kappa shape index (κ1) is 24.7. The molecule has 4 aliphatic rings. The summed E-state index contributed by atoms with van der Waals surface area (Å²) in [4.78, 5) is 32.3. The molecular formula is C26H41N5O4. The summed E-state index contributed by atoms with van der Waals surface area (Å²) in [5.74, 6) is 2.50. The smallest absolute Gasteiger partial charge is 0.236 e. The molecule has 9 heteroatoms. The van der Waals surface area contributed by atoms with Crippen LogP contribution in [0, 0.1) is 11.3 Å². The summed E-state index contributed by atoms with van der Waals surface area (Å²) < 4.78 is 11.5. The van der Waals surface area contributed by atoms with E-state index in [1.54, 1.807) is 0 Å². The molecule has 194 valence electrons. The molecule has 1 aromatic rings. The molecule has 0 N–H and O–H groups in total. The van der Waals surface area contributed by atoms with Gasteiger partial charge in [-0.2, -0.15) is 0 Å². The molecule has 4 heterocycles. The Morgan fingerprint density at radius 1 is 1.00 bits per heavy atom. The van der Waals surface area contributed by atoms with Gasteiger partial charge in [0, 0.05) is 45.1 Å². The highest BCUT2D eigenvalue weighted by Crippen LogP contribution is 2.49. The molecule has 1 atom stereocenters. The van der Waals surface area contributed by atoms with Gasteiger partial charge in [-0.25, -0.2) is 0 Å². The van der Waals surface area contributed by atoms with E-state index < -0.39 is 0 Å². The maximum Gasteiger partial charge on any atom is 0.236 e. The van der Waals surface area contributed by atoms with E-state index in [1.165, 1.54) is 25.7 Å². The Balaban J connectivity index is 1.26. The van der Waals surface area contributed by atoms with Crippen molar-refractivity contribution in [1.82, 2.24) is 24.9 Å². The molecular weight excluding hydrogens is 446 g/mol. The molecule has 1 aromatic heterocycles. The minimum absolute atomic E-state index is 0.0549. The van der Waals surface area contributed by atoms with Crippen LogP contribution in [0.1, 0.15) is 89.0 Å². The van der Waals surface area contributed by atoms with Gasteiger partial charge in [-0.05, 0) is 43.4 Å². The summed E-state index contributed by atoms with van der Waals surface area (Å²) in [5.41, 5.74) is 0.0760. The second-order valence-electron chi connectivity index (χ2n) is 11.5. The molecule has 4 fully saturated rings. The van der Waals surface area contributed by atoms with Crippen molar-refractivity contribution in [2.24, 2.45) is 11.3 Å². The van der Waals surface area contributed by atoms with Gasteiger partial charge in [0.15, 0.2) is 0 Å². The van der Waals surface area contributed by atoms with Gasteiger partial charge in [0.1, 0.15) is 0 Å². The largest absolute Gasteiger partial charge is 0.423 e. The highest BCUT2D eigenvalue weighted by Gasteiger charge is 2.49. The fraction of sp³-hybridized carbons (Fsp3) is 0.846. The van der Waals surface area contributed by atoms with E-state index in [0.717, 1.165) is 45.3 Å². The van der Waals surface area contributed by atoms with E-state index in [1.807, 2.05) is 18.7 Å². The van der Waals surface area contributed by atoms with Crippen LogP contribution in [0.15, 0.2) is 4.42 Å². The molecule has 35 heavy (non-hydrogen) atoms. The number of morpholine rings is 1. The summed E-state index contributed by atoms with van der Waals surface area (Å²) >= 11 is 0. The van der Waals surface area contributed by atoms with E-state index in [-0.39, 0.29) is 23.3 Å². The lowest BCUT2D eigenvalue weighted by molar-refractivity contribution is -0.136. The fourth-order valence-electron chi connectivity index (χ4n) is 6.44. The van der Waals surface area contributed by atoms with Crippen molar-refractivity contribution in [3.63, 3.8) is 0 Å². The first-order valence-corrected chi connectivity index (χ1v) is 13.6. The standard InChI is InChI=1S/C26H41N5O4/c1-19(2)24-27-28-25(35-24)21-16-26(18-31(21)17-23(33)30-11-13-34-14-12-30)7-9-29(10-8-26)22(32)15-20-5-3-4-6-20/h19-21H,3-18H2,1-2H3. The Morgan fingerprint density at radius 2 is 1.69 bits per heavy atom. The maximum atomic E-state index is 13.1. The molecule has 0 bridgehead atoms. The van der Waals surface area contributed by atoms with Crippen molar-refractivity contribution in [2.45, 2.75) is 77.2 Å². The monoisotopic (exact) mass is 487 g/mol. The van der Waals surface area contributed by atoms with Gasteiger partial charge in [-0.3, -0.25) is 14.5 Å². The normalized spacial score (nSPS) is 25.7. The van der Waals surface area contributed by atoms with Crippen molar-refractivity contribution in [3.05, 3.63) is 11.8 Å². The third-order valence-electron chi connectivity index (χ3n) is 8.66. The highest BCUT2D eigenvalue weighted by atomic mass is 16.5. The average molecular weight is 488 g/mol. The van der Waals surface area contributed by atoms with Crippen molar-refractivity contribution < 1.29 is 18.7 Å². The van der Waals surface area contributed by atoms with Gasteiger partial charge in [-0.15, -0.1) is 10.2 Å². The van der Waals surface area contributed by atoms with Gasteiger partial charge in [0.2, 0.25) is 23.6 Å². The van der Waals surface area contributed by atoms with Crippen LogP contribution in [-0.2, 0) is 14.3 Å². The molecule has 0 aromatic carbocycles. The summed E-state index contributed by atoms with van der Waals surface area (Å²) in [6.45, 7) is 9.41. The number of nitrogens with zero attached hydrogens (tertiary/aromatic N) is 5. The minimum atomic E-state index is -0.0549. The maximum absolute atomic E-state index is 13.1. The van der Waals surface area contributed by atoms with E-state index >= 15 is 0 Å². The Kier molecular flexibility index (Phi) is 7.44. The highest BCUT2D eigenvalue weighted by molar-refractivity contribution is 5.78. The van der Waals surface area contributed by atoms with Crippen LogP contribution in [0.4, 0.5) is 0 Å². The number of carbonyl (C=O) groups excluding carboxylic acids is 2. The lowest BCUT2D eigenvalue weighted by Gasteiger charge is -2.39. The summed E-state index contributed by atoms with van der Waals surface area (Å²) in [5, 5.41) is 8.67. The molecule has 3 saturated heterocycles. The lowest BCUT2D eigenvalue weighted by Crippen LogP contribution is -2.47. The molecule has 0 radical (unpaired) electrons. The van der Waals surface area contributed by atoms with Crippen LogP contribution >= 0.6 is 0 Å². The zero-order valence-electron chi connectivity index (χ0n) is 21.4. The van der Waals surface area contributed by atoms with Crippen LogP contribution in [0.5, 0.6) is 0 Å². The zero-order valence-corrected chi connectivity index (χ0v) is 21.4. The molecule has 5 rings (SSSR count). The SMILES string of the molecule is CC(C)c1nnc(C2CC3(CCN(C(=O)CC4CCCC4)CC3)CN2CC(=O)N2CCOCC2)o1. The number of hydrogen-bond donors (Lipinski definition) is 0. The molecule has 1 saturated carbocycles. The van der Waals surface area contributed by atoms with Gasteiger partial charge in [0.05, 0.1) is 25.8 Å². The second-order valence-corrected chi connectivity index (χ2v) is 11.5. The first-order valence-electron chi connectivity index (χ1n) is 13.6. The van der Waals surface area contributed by atoms with E-state index in [2.05, 4.69) is 20.0 Å². The Bertz CT molecular complexity index is 882. The lowest BCUT2D eigenvalue weighted by atomic mass is 9.76. The molecule has 1 aliphatic carbocycles. The van der Waals surface area contributed by atoms with Crippen LogP contribution < -0.4 is 0 Å². The molecule has 3 aliphatic heterocycles. The van der Waals surface area contributed by atoms with Crippen LogP contribution in [0.25, 0.3) is 0 Å². The molecule has 2 amide bonds. The van der Waals surface area contributed by atoms with E-state index in [4.69, 9.17) is 9.15 Å². The van der Waals surface area contributed by atoms with E-state index in [0.29, 0.717) is 56.5 Å². The number of aromatic nitrogens is 2. The third kappa shape index (κ3) is 5.56. The van der Waals surface area contributed by atoms with Crippen LogP contribution in [0.3, 0.4) is 0 Å². The summed E-state index contributed by atoms with van der Waals surface area (Å²) in [6.07, 6.45) is 8.51. The predicted octanol–water partition coefficient (Wildman–Crippen LogP) is 2.99. The number of ether oxygens (including phenoxy) is 1. The van der Waals surface area contributed by atoms with Crippen molar-refractivity contribution >= 4 is 11.8 Å². The van der Waals surface area contributed by atoms with Crippen molar-refractivity contribution in [3.8, 4) is 0 Å². The topological polar surface area (TPSA) is 92.0 Å². The molecule has 1 spiro atoms. The second kappa shape index (κ2) is 10.5. The minimum Gasteiger partial charge on any atom is -0.423 e. The number of rotatable bonds is 6. The fourth-order valence-corrected chi connectivity index (χ4v) is 6.44. The summed E-state index contributed by atoms with van der Waals surface area (Å²) in [6, 6.07) is -0.0549. The van der Waals surface area contributed by atoms with Gasteiger partial charge >= 0.3 is 0 Å². The van der Waals surface area contributed by atoms with Crippen molar-refractivity contribution in [1.29, 1.82) is 0 Å². The summed E-state index contributed by atoms with van der Waals surface area (Å²) in [7, 11) is 0. The van der Waals surface area contributed by atoms with Gasteiger partial charge in [0.25, 0.3) is 0 Å². The van der Waals surface area contributed by atoms with Gasteiger partial charge in [-0.1, -0.05) is 26.7 Å². The Hall–Kier alpha value is -2.00. The Morgan fingerprint density at radius 3 is 2.34 bits per heavy atom. The number of hydrogen-bond acceptors (Lipinski definition) is 7. The number of likely N-dealkylation sites (tertiary alicyclic amines) is 2. The molecule has 1 unspecified atom stereocenters. The first-order chi connectivity index (χ1) is 16.9.